The Bertz CT molecular complexity index is 207. The smallest absolute Gasteiger partial charge is 0.163 e. The maximum atomic E-state index is 9.53. The Morgan fingerprint density at radius 2 is 2.00 bits per heavy atom. The van der Waals surface area contributed by atoms with Gasteiger partial charge >= 0.3 is 0 Å². The molecule has 4 nitrogen and oxygen atoms in total. The van der Waals surface area contributed by atoms with Crippen LogP contribution in [0.2, 0.25) is 0 Å². The van der Waals surface area contributed by atoms with E-state index in [1.807, 2.05) is 13.8 Å². The highest BCUT2D eigenvalue weighted by molar-refractivity contribution is 4.96. The highest BCUT2D eigenvalue weighted by Gasteiger charge is 2.48. The van der Waals surface area contributed by atoms with Crippen LogP contribution in [0, 0.1) is 0 Å². The van der Waals surface area contributed by atoms with Crippen LogP contribution >= 0.6 is 0 Å². The molecule has 4 atom stereocenters. The normalized spacial score (nSPS) is 48.9. The van der Waals surface area contributed by atoms with E-state index in [9.17, 15) is 5.11 Å². The second-order valence-corrected chi connectivity index (χ2v) is 4.36. The minimum absolute atomic E-state index is 0.0633. The van der Waals surface area contributed by atoms with Gasteiger partial charge in [-0.25, -0.2) is 0 Å². The van der Waals surface area contributed by atoms with E-state index < -0.39 is 11.9 Å². The third-order valence-electron chi connectivity index (χ3n) is 2.79. The van der Waals surface area contributed by atoms with Crippen molar-refractivity contribution in [2.75, 3.05) is 0 Å². The molecule has 0 aromatic carbocycles. The van der Waals surface area contributed by atoms with E-state index in [1.54, 1.807) is 0 Å². The molecule has 1 saturated heterocycles. The zero-order valence-electron chi connectivity index (χ0n) is 8.06. The van der Waals surface area contributed by atoms with Gasteiger partial charge in [0, 0.05) is 0 Å². The standard InChI is InChI=1S/C9H17NO3/c1-9(2)12-6-4-3-5(11)7(10)8(6)13-9/h5-8,11H,3-4,10H2,1-2H3. The quantitative estimate of drug-likeness (QED) is 0.560. The van der Waals surface area contributed by atoms with E-state index in [2.05, 4.69) is 0 Å². The summed E-state index contributed by atoms with van der Waals surface area (Å²) in [6.45, 7) is 3.76. The highest BCUT2D eigenvalue weighted by atomic mass is 16.8. The Balaban J connectivity index is 2.11. The van der Waals surface area contributed by atoms with Gasteiger partial charge in [-0.1, -0.05) is 0 Å². The van der Waals surface area contributed by atoms with Gasteiger partial charge in [-0.05, 0) is 26.7 Å². The van der Waals surface area contributed by atoms with Crippen LogP contribution in [-0.4, -0.2) is 35.2 Å². The molecule has 0 aromatic heterocycles. The lowest BCUT2D eigenvalue weighted by atomic mass is 9.88. The van der Waals surface area contributed by atoms with Crippen LogP contribution in [0.3, 0.4) is 0 Å². The lowest BCUT2D eigenvalue weighted by Gasteiger charge is -2.32. The Kier molecular flexibility index (Phi) is 2.11. The van der Waals surface area contributed by atoms with Gasteiger partial charge in [0.25, 0.3) is 0 Å². The summed E-state index contributed by atoms with van der Waals surface area (Å²) >= 11 is 0. The number of aliphatic hydroxyl groups excluding tert-OH is 1. The van der Waals surface area contributed by atoms with Crippen LogP contribution < -0.4 is 5.73 Å². The maximum absolute atomic E-state index is 9.53. The van der Waals surface area contributed by atoms with E-state index in [4.69, 9.17) is 15.2 Å². The second kappa shape index (κ2) is 2.92. The zero-order valence-corrected chi connectivity index (χ0v) is 8.06. The summed E-state index contributed by atoms with van der Waals surface area (Å²) in [6, 6.07) is -0.305. The molecule has 0 spiro atoms. The molecule has 4 heteroatoms. The monoisotopic (exact) mass is 187 g/mol. The summed E-state index contributed by atoms with van der Waals surface area (Å²) in [5.41, 5.74) is 5.83. The van der Waals surface area contributed by atoms with Crippen molar-refractivity contribution >= 4 is 0 Å². The van der Waals surface area contributed by atoms with Gasteiger partial charge in [0.15, 0.2) is 5.79 Å². The molecule has 76 valence electrons. The zero-order chi connectivity index (χ0) is 9.64. The number of nitrogens with two attached hydrogens (primary N) is 1. The predicted octanol–water partition coefficient (Wildman–Crippen LogP) is -0.0115. The first kappa shape index (κ1) is 9.40. The van der Waals surface area contributed by atoms with Crippen molar-refractivity contribution < 1.29 is 14.6 Å². The van der Waals surface area contributed by atoms with Gasteiger partial charge < -0.3 is 20.3 Å². The molecule has 0 bridgehead atoms. The molecule has 3 N–H and O–H groups in total. The molecule has 13 heavy (non-hydrogen) atoms. The van der Waals surface area contributed by atoms with Gasteiger partial charge in [0.1, 0.15) is 6.10 Å². The lowest BCUT2D eigenvalue weighted by molar-refractivity contribution is -0.147. The van der Waals surface area contributed by atoms with Crippen LogP contribution in [-0.2, 0) is 9.47 Å². The number of hydrogen-bond donors (Lipinski definition) is 2. The maximum Gasteiger partial charge on any atom is 0.163 e. The molecule has 1 saturated carbocycles. The summed E-state index contributed by atoms with van der Waals surface area (Å²) in [7, 11) is 0. The fraction of sp³-hybridized carbons (Fsp3) is 1.00. The largest absolute Gasteiger partial charge is 0.391 e. The van der Waals surface area contributed by atoms with Crippen LogP contribution in [0.5, 0.6) is 0 Å². The molecule has 2 rings (SSSR count). The molecule has 1 heterocycles. The molecule has 0 radical (unpaired) electrons. The number of hydrogen-bond acceptors (Lipinski definition) is 4. The van der Waals surface area contributed by atoms with Crippen molar-refractivity contribution in [2.45, 2.75) is 56.8 Å². The molecular weight excluding hydrogens is 170 g/mol. The van der Waals surface area contributed by atoms with Gasteiger partial charge in [0.05, 0.1) is 18.2 Å². The SMILES string of the molecule is CC1(C)OC2CCC(O)C(N)C2O1. The minimum atomic E-state index is -0.545. The fourth-order valence-electron chi connectivity index (χ4n) is 2.16. The third kappa shape index (κ3) is 1.59. The van der Waals surface area contributed by atoms with Crippen molar-refractivity contribution in [3.63, 3.8) is 0 Å². The van der Waals surface area contributed by atoms with Gasteiger partial charge in [-0.2, -0.15) is 0 Å². The Morgan fingerprint density at radius 1 is 1.31 bits per heavy atom. The van der Waals surface area contributed by atoms with E-state index in [0.717, 1.165) is 6.42 Å². The molecule has 4 unspecified atom stereocenters. The molecule has 1 aliphatic heterocycles. The Hall–Kier alpha value is -0.160. The summed E-state index contributed by atoms with van der Waals surface area (Å²) in [5.74, 6) is -0.545. The number of aliphatic hydroxyl groups is 1. The topological polar surface area (TPSA) is 64.7 Å². The summed E-state index contributed by atoms with van der Waals surface area (Å²) < 4.78 is 11.3. The Labute approximate surface area is 78.0 Å². The van der Waals surface area contributed by atoms with Crippen molar-refractivity contribution in [2.24, 2.45) is 5.73 Å². The molecule has 0 amide bonds. The first-order valence-electron chi connectivity index (χ1n) is 4.79. The van der Waals surface area contributed by atoms with Crippen LogP contribution in [0.25, 0.3) is 0 Å². The fourth-order valence-corrected chi connectivity index (χ4v) is 2.16. The summed E-state index contributed by atoms with van der Waals surface area (Å²) in [5, 5.41) is 9.53. The molecule has 2 aliphatic rings. The molecule has 0 aromatic rings. The van der Waals surface area contributed by atoms with E-state index >= 15 is 0 Å². The van der Waals surface area contributed by atoms with E-state index in [0.29, 0.717) is 6.42 Å². The average Bonchev–Trinajstić information content (AvgIpc) is 2.34. The second-order valence-electron chi connectivity index (χ2n) is 4.36. The first-order valence-corrected chi connectivity index (χ1v) is 4.79. The van der Waals surface area contributed by atoms with Crippen molar-refractivity contribution in [3.05, 3.63) is 0 Å². The summed E-state index contributed by atoms with van der Waals surface area (Å²) in [4.78, 5) is 0. The van der Waals surface area contributed by atoms with Crippen LogP contribution in [0.4, 0.5) is 0 Å². The molecule has 1 aliphatic carbocycles. The number of ether oxygens (including phenoxy) is 2. The van der Waals surface area contributed by atoms with Crippen LogP contribution in [0.15, 0.2) is 0 Å². The first-order chi connectivity index (χ1) is 5.99. The minimum Gasteiger partial charge on any atom is -0.391 e. The van der Waals surface area contributed by atoms with Gasteiger partial charge in [-0.3, -0.25) is 0 Å². The van der Waals surface area contributed by atoms with Crippen molar-refractivity contribution in [1.82, 2.24) is 0 Å². The molecule has 2 fully saturated rings. The average molecular weight is 187 g/mol. The van der Waals surface area contributed by atoms with E-state index in [-0.39, 0.29) is 18.2 Å². The predicted molar refractivity (Wildman–Crippen MR) is 47.0 cm³/mol. The highest BCUT2D eigenvalue weighted by Crippen LogP contribution is 2.36. The molecular formula is C9H17NO3. The van der Waals surface area contributed by atoms with E-state index in [1.165, 1.54) is 0 Å². The number of rotatable bonds is 0. The Morgan fingerprint density at radius 3 is 2.69 bits per heavy atom. The van der Waals surface area contributed by atoms with Gasteiger partial charge in [0.2, 0.25) is 0 Å². The van der Waals surface area contributed by atoms with Crippen molar-refractivity contribution in [1.29, 1.82) is 0 Å². The van der Waals surface area contributed by atoms with Gasteiger partial charge in [-0.15, -0.1) is 0 Å². The van der Waals surface area contributed by atoms with Crippen molar-refractivity contribution in [3.8, 4) is 0 Å². The number of fused-ring (bicyclic) bond motifs is 1. The lowest BCUT2D eigenvalue weighted by Crippen LogP contribution is -2.53. The van der Waals surface area contributed by atoms with Crippen LogP contribution in [0.1, 0.15) is 26.7 Å². The summed E-state index contributed by atoms with van der Waals surface area (Å²) in [6.07, 6.45) is 1.02. The third-order valence-corrected chi connectivity index (χ3v) is 2.79.